The highest BCUT2D eigenvalue weighted by Crippen LogP contribution is 2.25. The Labute approximate surface area is 130 Å². The van der Waals surface area contributed by atoms with E-state index in [1.54, 1.807) is 0 Å². The third kappa shape index (κ3) is 5.61. The lowest BCUT2D eigenvalue weighted by atomic mass is 9.92. The van der Waals surface area contributed by atoms with Crippen LogP contribution in [0.1, 0.15) is 71.6 Å². The van der Waals surface area contributed by atoms with Crippen LogP contribution in [0.2, 0.25) is 0 Å². The molecule has 0 spiro atoms. The highest BCUT2D eigenvalue weighted by atomic mass is 16.2. The number of hydrogen-bond donors (Lipinski definition) is 1. The predicted molar refractivity (Wildman–Crippen MR) is 88.3 cm³/mol. The summed E-state index contributed by atoms with van der Waals surface area (Å²) in [5.74, 6) is 1.89. The molecule has 1 amide bonds. The smallest absolute Gasteiger partial charge is 0.222 e. The van der Waals surface area contributed by atoms with Crippen LogP contribution in [0.4, 0.5) is 0 Å². The molecule has 2 saturated heterocycles. The van der Waals surface area contributed by atoms with Gasteiger partial charge in [0, 0.05) is 19.0 Å². The molecule has 1 atom stereocenters. The summed E-state index contributed by atoms with van der Waals surface area (Å²) in [4.78, 5) is 14.9. The molecule has 2 rings (SSSR count). The van der Waals surface area contributed by atoms with Gasteiger partial charge in [0.2, 0.25) is 5.91 Å². The number of nitrogens with one attached hydrogen (secondary N) is 1. The van der Waals surface area contributed by atoms with Gasteiger partial charge in [-0.15, -0.1) is 0 Å². The first kappa shape index (κ1) is 16.8. The number of amides is 1. The lowest BCUT2D eigenvalue weighted by molar-refractivity contribution is -0.134. The van der Waals surface area contributed by atoms with Gasteiger partial charge in [-0.05, 0) is 63.5 Å². The molecule has 21 heavy (non-hydrogen) atoms. The van der Waals surface area contributed by atoms with Crippen molar-refractivity contribution in [2.75, 3.05) is 19.6 Å². The van der Waals surface area contributed by atoms with E-state index in [2.05, 4.69) is 24.1 Å². The summed E-state index contributed by atoms with van der Waals surface area (Å²) < 4.78 is 0. The second kappa shape index (κ2) is 8.77. The van der Waals surface area contributed by atoms with Crippen molar-refractivity contribution in [2.45, 2.75) is 77.7 Å². The van der Waals surface area contributed by atoms with Crippen molar-refractivity contribution in [3.8, 4) is 0 Å². The van der Waals surface area contributed by atoms with Gasteiger partial charge in [0.1, 0.15) is 0 Å². The third-order valence-electron chi connectivity index (χ3n) is 5.17. The minimum absolute atomic E-state index is 0.432. The van der Waals surface area contributed by atoms with Crippen LogP contribution in [0, 0.1) is 11.8 Å². The van der Waals surface area contributed by atoms with Crippen LogP contribution in [0.25, 0.3) is 0 Å². The fourth-order valence-electron chi connectivity index (χ4n) is 3.94. The molecule has 0 bridgehead atoms. The number of carbonyl (C=O) groups is 1. The van der Waals surface area contributed by atoms with Crippen LogP contribution in [-0.4, -0.2) is 36.5 Å². The van der Waals surface area contributed by atoms with Crippen molar-refractivity contribution in [3.63, 3.8) is 0 Å². The van der Waals surface area contributed by atoms with Gasteiger partial charge < -0.3 is 10.2 Å². The van der Waals surface area contributed by atoms with E-state index in [9.17, 15) is 4.79 Å². The lowest BCUT2D eigenvalue weighted by Crippen LogP contribution is -2.41. The Morgan fingerprint density at radius 3 is 2.62 bits per heavy atom. The van der Waals surface area contributed by atoms with Crippen LogP contribution in [-0.2, 0) is 4.79 Å². The molecular formula is C18H34N2O. The van der Waals surface area contributed by atoms with E-state index in [1.807, 2.05) is 0 Å². The Morgan fingerprint density at radius 2 is 1.90 bits per heavy atom. The molecule has 0 saturated carbocycles. The highest BCUT2D eigenvalue weighted by Gasteiger charge is 2.26. The molecule has 0 aliphatic carbocycles. The topological polar surface area (TPSA) is 32.3 Å². The first-order valence-corrected chi connectivity index (χ1v) is 9.17. The highest BCUT2D eigenvalue weighted by molar-refractivity contribution is 5.76. The fraction of sp³-hybridized carbons (Fsp3) is 0.944. The van der Waals surface area contributed by atoms with Crippen molar-refractivity contribution in [3.05, 3.63) is 0 Å². The normalized spacial score (nSPS) is 25.1. The molecule has 122 valence electrons. The SMILES string of the molecule is CC(C)CC1CCCCCN1C(=O)CCC1CCNCC1. The standard InChI is InChI=1S/C18H34N2O/c1-15(2)14-17-6-4-3-5-13-20(17)18(21)8-7-16-9-11-19-12-10-16/h15-17,19H,3-14H2,1-2H3. The van der Waals surface area contributed by atoms with Gasteiger partial charge in [-0.2, -0.15) is 0 Å². The number of hydrogen-bond acceptors (Lipinski definition) is 2. The van der Waals surface area contributed by atoms with Crippen LogP contribution >= 0.6 is 0 Å². The monoisotopic (exact) mass is 294 g/mol. The van der Waals surface area contributed by atoms with E-state index in [-0.39, 0.29) is 0 Å². The van der Waals surface area contributed by atoms with Crippen LogP contribution in [0.5, 0.6) is 0 Å². The van der Waals surface area contributed by atoms with Gasteiger partial charge in [-0.3, -0.25) is 4.79 Å². The molecule has 1 unspecified atom stereocenters. The van der Waals surface area contributed by atoms with E-state index >= 15 is 0 Å². The van der Waals surface area contributed by atoms with E-state index in [1.165, 1.54) is 44.9 Å². The molecule has 2 heterocycles. The van der Waals surface area contributed by atoms with E-state index < -0.39 is 0 Å². The second-order valence-corrected chi connectivity index (χ2v) is 7.45. The molecule has 3 heteroatoms. The van der Waals surface area contributed by atoms with Crippen LogP contribution < -0.4 is 5.32 Å². The van der Waals surface area contributed by atoms with Gasteiger partial charge in [-0.1, -0.05) is 26.7 Å². The van der Waals surface area contributed by atoms with Crippen molar-refractivity contribution in [1.82, 2.24) is 10.2 Å². The molecule has 2 fully saturated rings. The van der Waals surface area contributed by atoms with Crippen molar-refractivity contribution in [1.29, 1.82) is 0 Å². The van der Waals surface area contributed by atoms with Gasteiger partial charge in [-0.25, -0.2) is 0 Å². The summed E-state index contributed by atoms with van der Waals surface area (Å²) in [5.41, 5.74) is 0. The van der Waals surface area contributed by atoms with Gasteiger partial charge in [0.05, 0.1) is 0 Å². The number of piperidine rings is 1. The summed E-state index contributed by atoms with van der Waals surface area (Å²) in [6.07, 6.45) is 10.6. The summed E-state index contributed by atoms with van der Waals surface area (Å²) in [6.45, 7) is 7.84. The zero-order valence-electron chi connectivity index (χ0n) is 14.1. The average Bonchev–Trinajstić information content (AvgIpc) is 2.71. The van der Waals surface area contributed by atoms with Gasteiger partial charge in [0.15, 0.2) is 0 Å². The molecule has 3 nitrogen and oxygen atoms in total. The number of carbonyl (C=O) groups excluding carboxylic acids is 1. The number of rotatable bonds is 5. The maximum atomic E-state index is 12.7. The van der Waals surface area contributed by atoms with Gasteiger partial charge in [0.25, 0.3) is 0 Å². The summed E-state index contributed by atoms with van der Waals surface area (Å²) in [7, 11) is 0. The molecule has 0 aromatic rings. The molecule has 0 aromatic carbocycles. The maximum absolute atomic E-state index is 12.7. The van der Waals surface area contributed by atoms with E-state index in [0.717, 1.165) is 38.4 Å². The van der Waals surface area contributed by atoms with Crippen molar-refractivity contribution < 1.29 is 4.79 Å². The first-order chi connectivity index (χ1) is 10.2. The Bertz CT molecular complexity index is 310. The molecule has 2 aliphatic heterocycles. The van der Waals surface area contributed by atoms with Crippen LogP contribution in [0.15, 0.2) is 0 Å². The summed E-state index contributed by atoms with van der Waals surface area (Å²) >= 11 is 0. The van der Waals surface area contributed by atoms with E-state index in [4.69, 9.17) is 0 Å². The quantitative estimate of drug-likeness (QED) is 0.840. The molecule has 0 aromatic heterocycles. The minimum atomic E-state index is 0.432. The predicted octanol–water partition coefficient (Wildman–Crippen LogP) is 3.58. The first-order valence-electron chi connectivity index (χ1n) is 9.17. The fourth-order valence-corrected chi connectivity index (χ4v) is 3.94. The average molecular weight is 294 g/mol. The van der Waals surface area contributed by atoms with Crippen LogP contribution in [0.3, 0.4) is 0 Å². The Hall–Kier alpha value is -0.570. The number of likely N-dealkylation sites (tertiary alicyclic amines) is 1. The lowest BCUT2D eigenvalue weighted by Gasteiger charge is -2.32. The zero-order chi connectivity index (χ0) is 15.1. The second-order valence-electron chi connectivity index (χ2n) is 7.45. The number of nitrogens with zero attached hydrogens (tertiary/aromatic N) is 1. The Kier molecular flexibility index (Phi) is 7.01. The Morgan fingerprint density at radius 1 is 1.14 bits per heavy atom. The molecule has 0 radical (unpaired) electrons. The zero-order valence-corrected chi connectivity index (χ0v) is 14.1. The maximum Gasteiger partial charge on any atom is 0.222 e. The molecular weight excluding hydrogens is 260 g/mol. The van der Waals surface area contributed by atoms with Crippen molar-refractivity contribution >= 4 is 5.91 Å². The largest absolute Gasteiger partial charge is 0.340 e. The Balaban J connectivity index is 1.84. The van der Waals surface area contributed by atoms with E-state index in [0.29, 0.717) is 17.9 Å². The summed E-state index contributed by atoms with van der Waals surface area (Å²) in [5, 5.41) is 3.41. The molecule has 2 aliphatic rings. The summed E-state index contributed by atoms with van der Waals surface area (Å²) in [6, 6.07) is 0.507. The van der Waals surface area contributed by atoms with Crippen molar-refractivity contribution in [2.24, 2.45) is 11.8 Å². The minimum Gasteiger partial charge on any atom is -0.340 e. The van der Waals surface area contributed by atoms with Gasteiger partial charge >= 0.3 is 0 Å². The molecule has 1 N–H and O–H groups in total. The third-order valence-corrected chi connectivity index (χ3v) is 5.17.